The van der Waals surface area contributed by atoms with Crippen LogP contribution in [0.15, 0.2) is 66.0 Å². The number of nitrogens with zero attached hydrogens (tertiary/aromatic N) is 1. The molecule has 0 aliphatic carbocycles. The van der Waals surface area contributed by atoms with E-state index in [2.05, 4.69) is 5.32 Å². The molecule has 0 spiro atoms. The molecule has 2 saturated heterocycles. The first-order valence-corrected chi connectivity index (χ1v) is 12.4. The van der Waals surface area contributed by atoms with Crippen LogP contribution in [-0.4, -0.2) is 22.9 Å². The number of aryl methyl sites for hydroxylation is 2. The highest BCUT2D eigenvalue weighted by atomic mass is 32.1. The molecule has 2 N–H and O–H groups in total. The van der Waals surface area contributed by atoms with E-state index < -0.39 is 35.3 Å². The van der Waals surface area contributed by atoms with Gasteiger partial charge in [-0.25, -0.2) is 9.69 Å². The van der Waals surface area contributed by atoms with E-state index >= 15 is 0 Å². The monoisotopic (exact) mass is 474 g/mol. The number of aliphatic carboxylic acids is 1. The molecule has 5 rings (SSSR count). The summed E-state index contributed by atoms with van der Waals surface area (Å²) in [5.74, 6) is -3.84. The Bertz CT molecular complexity index is 1230. The minimum absolute atomic E-state index is 0.337. The van der Waals surface area contributed by atoms with Gasteiger partial charge < -0.3 is 5.11 Å². The number of hydrogen-bond donors (Lipinski definition) is 2. The minimum Gasteiger partial charge on any atom is -0.480 e. The Kier molecular flexibility index (Phi) is 5.62. The van der Waals surface area contributed by atoms with Crippen molar-refractivity contribution in [3.63, 3.8) is 0 Å². The third-order valence-corrected chi connectivity index (χ3v) is 8.12. The zero-order valence-electron chi connectivity index (χ0n) is 19.0. The van der Waals surface area contributed by atoms with E-state index in [-0.39, 0.29) is 5.91 Å². The number of fused-ring (bicyclic) bond motifs is 1. The average molecular weight is 475 g/mol. The Morgan fingerprint density at radius 2 is 1.65 bits per heavy atom. The molecule has 2 fully saturated rings. The van der Waals surface area contributed by atoms with Crippen molar-refractivity contribution in [3.8, 4) is 0 Å². The van der Waals surface area contributed by atoms with Crippen molar-refractivity contribution in [2.75, 3.05) is 4.90 Å². The van der Waals surface area contributed by atoms with Gasteiger partial charge in [0.15, 0.2) is 5.54 Å². The maximum Gasteiger partial charge on any atom is 0.329 e. The molecule has 2 aromatic carbocycles. The minimum atomic E-state index is -1.71. The van der Waals surface area contributed by atoms with Gasteiger partial charge in [0.1, 0.15) is 0 Å². The summed E-state index contributed by atoms with van der Waals surface area (Å²) < 4.78 is 0. The fraction of sp³-hybridized carbons (Fsp3) is 0.296. The molecule has 0 saturated carbocycles. The van der Waals surface area contributed by atoms with Gasteiger partial charge in [0.2, 0.25) is 11.8 Å². The highest BCUT2D eigenvalue weighted by molar-refractivity contribution is 7.10. The number of carbonyl (C=O) groups excluding carboxylic acids is 2. The molecule has 7 heteroatoms. The number of thiophene rings is 1. The Balaban J connectivity index is 1.74. The third kappa shape index (κ3) is 3.07. The number of carbonyl (C=O) groups is 3. The summed E-state index contributed by atoms with van der Waals surface area (Å²) >= 11 is 1.45. The predicted octanol–water partition coefficient (Wildman–Crippen LogP) is 4.30. The maximum absolute atomic E-state index is 14.1. The molecular weight excluding hydrogens is 448 g/mol. The Morgan fingerprint density at radius 3 is 2.21 bits per heavy atom. The lowest BCUT2D eigenvalue weighted by molar-refractivity contribution is -0.149. The SMILES string of the molecule is CCc1cccc(CC)c1N1C(=O)C2C(c3cccs3)NC(C(=O)O)(c3ccccc3)C2C1=O. The van der Waals surface area contributed by atoms with Crippen LogP contribution in [0.1, 0.15) is 41.5 Å². The molecule has 4 unspecified atom stereocenters. The van der Waals surface area contributed by atoms with Crippen molar-refractivity contribution < 1.29 is 19.5 Å². The molecule has 1 aromatic heterocycles. The van der Waals surface area contributed by atoms with Crippen LogP contribution in [0, 0.1) is 11.8 Å². The molecule has 2 aliphatic rings. The normalized spacial score (nSPS) is 26.2. The van der Waals surface area contributed by atoms with E-state index in [1.807, 2.05) is 49.6 Å². The van der Waals surface area contributed by atoms with Gasteiger partial charge in [-0.05, 0) is 41.0 Å². The van der Waals surface area contributed by atoms with Crippen molar-refractivity contribution in [3.05, 3.63) is 87.6 Å². The maximum atomic E-state index is 14.1. The third-order valence-electron chi connectivity index (χ3n) is 7.16. The number of carboxylic acids is 1. The smallest absolute Gasteiger partial charge is 0.329 e. The summed E-state index contributed by atoms with van der Waals surface area (Å²) in [6, 6.07) is 17.7. The van der Waals surface area contributed by atoms with E-state index in [4.69, 9.17) is 0 Å². The van der Waals surface area contributed by atoms with E-state index in [1.54, 1.807) is 30.3 Å². The standard InChI is InChI=1S/C27H26N2O4S/c1-3-16-10-8-11-17(4-2)23(16)29-24(30)20-21(25(29)31)27(26(32)33,18-12-6-5-7-13-18)28-22(20)19-14-9-15-34-19/h5-15,20-22,28H,3-4H2,1-2H3,(H,32,33). The topological polar surface area (TPSA) is 86.7 Å². The molecular formula is C27H26N2O4S. The van der Waals surface area contributed by atoms with Gasteiger partial charge in [-0.1, -0.05) is 68.4 Å². The molecule has 3 heterocycles. The quantitative estimate of drug-likeness (QED) is 0.520. The van der Waals surface area contributed by atoms with Crippen molar-refractivity contribution >= 4 is 34.8 Å². The van der Waals surface area contributed by atoms with Crippen LogP contribution in [0.25, 0.3) is 0 Å². The number of para-hydroxylation sites is 1. The number of hydrogen-bond acceptors (Lipinski definition) is 5. The number of amides is 2. The molecule has 0 radical (unpaired) electrons. The first-order chi connectivity index (χ1) is 16.5. The summed E-state index contributed by atoms with van der Waals surface area (Å²) in [5.41, 5.74) is 1.19. The summed E-state index contributed by atoms with van der Waals surface area (Å²) in [5, 5.41) is 15.8. The van der Waals surface area contributed by atoms with Gasteiger partial charge in [-0.15, -0.1) is 11.3 Å². The molecule has 4 atom stereocenters. The highest BCUT2D eigenvalue weighted by Gasteiger charge is 2.69. The lowest BCUT2D eigenvalue weighted by Crippen LogP contribution is -2.53. The van der Waals surface area contributed by atoms with Gasteiger partial charge in [0, 0.05) is 4.88 Å². The van der Waals surface area contributed by atoms with Crippen LogP contribution < -0.4 is 10.2 Å². The average Bonchev–Trinajstić information content (AvgIpc) is 3.56. The van der Waals surface area contributed by atoms with Gasteiger partial charge >= 0.3 is 5.97 Å². The first-order valence-electron chi connectivity index (χ1n) is 11.5. The van der Waals surface area contributed by atoms with Gasteiger partial charge in [0.05, 0.1) is 23.6 Å². The predicted molar refractivity (Wildman–Crippen MR) is 131 cm³/mol. The second kappa shape index (κ2) is 8.49. The Labute approximate surface area is 202 Å². The van der Waals surface area contributed by atoms with Crippen molar-refractivity contribution in [2.24, 2.45) is 11.8 Å². The van der Waals surface area contributed by atoms with Crippen LogP contribution in [-0.2, 0) is 32.8 Å². The van der Waals surface area contributed by atoms with E-state index in [0.717, 1.165) is 16.0 Å². The summed E-state index contributed by atoms with van der Waals surface area (Å²) in [4.78, 5) is 43.3. The van der Waals surface area contributed by atoms with Crippen LogP contribution in [0.5, 0.6) is 0 Å². The van der Waals surface area contributed by atoms with Crippen molar-refractivity contribution in [1.29, 1.82) is 0 Å². The molecule has 34 heavy (non-hydrogen) atoms. The number of anilines is 1. The van der Waals surface area contributed by atoms with Gasteiger partial charge in [0.25, 0.3) is 0 Å². The summed E-state index contributed by atoms with van der Waals surface area (Å²) in [6.07, 6.45) is 1.32. The zero-order valence-corrected chi connectivity index (χ0v) is 19.8. The number of benzene rings is 2. The largest absolute Gasteiger partial charge is 0.480 e. The molecule has 3 aromatic rings. The van der Waals surface area contributed by atoms with E-state index in [9.17, 15) is 19.5 Å². The fourth-order valence-electron chi connectivity index (χ4n) is 5.63. The zero-order chi connectivity index (χ0) is 24.0. The number of carboxylic acid groups (broad SMARTS) is 1. The lowest BCUT2D eigenvalue weighted by Gasteiger charge is -2.32. The number of rotatable bonds is 6. The second-order valence-corrected chi connectivity index (χ2v) is 9.74. The van der Waals surface area contributed by atoms with Crippen LogP contribution in [0.4, 0.5) is 5.69 Å². The van der Waals surface area contributed by atoms with Crippen molar-refractivity contribution in [1.82, 2.24) is 5.32 Å². The molecule has 6 nitrogen and oxygen atoms in total. The van der Waals surface area contributed by atoms with Crippen LogP contribution in [0.3, 0.4) is 0 Å². The molecule has 2 amide bonds. The van der Waals surface area contributed by atoms with Crippen LogP contribution in [0.2, 0.25) is 0 Å². The molecule has 174 valence electrons. The summed E-state index contributed by atoms with van der Waals surface area (Å²) in [7, 11) is 0. The second-order valence-electron chi connectivity index (χ2n) is 8.76. The fourth-order valence-corrected chi connectivity index (χ4v) is 6.45. The van der Waals surface area contributed by atoms with E-state index in [1.165, 1.54) is 16.2 Å². The van der Waals surface area contributed by atoms with Crippen LogP contribution >= 0.6 is 11.3 Å². The van der Waals surface area contributed by atoms with E-state index in [0.29, 0.717) is 24.1 Å². The number of imide groups is 1. The van der Waals surface area contributed by atoms with Gasteiger partial charge in [-0.3, -0.25) is 14.9 Å². The Hall–Kier alpha value is -3.29. The molecule has 2 aliphatic heterocycles. The first kappa shape index (κ1) is 22.5. The Morgan fingerprint density at radius 1 is 0.971 bits per heavy atom. The highest BCUT2D eigenvalue weighted by Crippen LogP contribution is 2.54. The molecule has 0 bridgehead atoms. The van der Waals surface area contributed by atoms with Crippen molar-refractivity contribution in [2.45, 2.75) is 38.3 Å². The number of nitrogens with one attached hydrogen (secondary N) is 1. The summed E-state index contributed by atoms with van der Waals surface area (Å²) in [6.45, 7) is 3.98. The lowest BCUT2D eigenvalue weighted by atomic mass is 9.76. The van der Waals surface area contributed by atoms with Gasteiger partial charge in [-0.2, -0.15) is 0 Å².